The van der Waals surface area contributed by atoms with Crippen LogP contribution < -0.4 is 9.80 Å². The molecule has 3 aromatic rings. The number of hydrogen-bond acceptors (Lipinski definition) is 5. The third-order valence-electron chi connectivity index (χ3n) is 5.30. The van der Waals surface area contributed by atoms with Crippen LogP contribution in [0.3, 0.4) is 0 Å². The van der Waals surface area contributed by atoms with Gasteiger partial charge in [-0.25, -0.2) is 15.0 Å². The van der Waals surface area contributed by atoms with Crippen molar-refractivity contribution in [1.82, 2.24) is 19.4 Å². The molecule has 3 aromatic heterocycles. The third-order valence-corrected chi connectivity index (χ3v) is 5.30. The largest absolute Gasteiger partial charge is 0.434 e. The molecule has 6 nitrogen and oxygen atoms in total. The average molecular weight is 388 g/mol. The number of anilines is 2. The molecule has 0 radical (unpaired) electrons. The van der Waals surface area contributed by atoms with Gasteiger partial charge in [-0.05, 0) is 31.0 Å². The number of hydrogen-bond donors (Lipinski definition) is 0. The van der Waals surface area contributed by atoms with Gasteiger partial charge in [0.15, 0.2) is 5.69 Å². The molecule has 2 aliphatic rings. The topological polar surface area (TPSA) is 49.6 Å². The zero-order valence-corrected chi connectivity index (χ0v) is 15.1. The molecule has 9 heteroatoms. The maximum absolute atomic E-state index is 12.9. The van der Waals surface area contributed by atoms with E-state index in [-0.39, 0.29) is 0 Å². The van der Waals surface area contributed by atoms with Crippen LogP contribution in [0.25, 0.3) is 5.65 Å². The zero-order chi connectivity index (χ0) is 19.3. The highest BCUT2D eigenvalue weighted by molar-refractivity contribution is 5.54. The molecule has 1 saturated heterocycles. The third kappa shape index (κ3) is 3.25. The Kier molecular flexibility index (Phi) is 3.92. The molecule has 1 aliphatic heterocycles. The fourth-order valence-corrected chi connectivity index (χ4v) is 3.58. The Labute approximate surface area is 159 Å². The van der Waals surface area contributed by atoms with Crippen molar-refractivity contribution in [2.45, 2.75) is 24.9 Å². The number of nitrogens with zero attached hydrogens (tertiary/aromatic N) is 6. The summed E-state index contributed by atoms with van der Waals surface area (Å²) in [5, 5.41) is 0. The predicted octanol–water partition coefficient (Wildman–Crippen LogP) is 3.35. The van der Waals surface area contributed by atoms with E-state index in [1.54, 1.807) is 12.3 Å². The highest BCUT2D eigenvalue weighted by Crippen LogP contribution is 2.38. The lowest BCUT2D eigenvalue weighted by atomic mass is 10.2. The average Bonchev–Trinajstić information content (AvgIpc) is 3.45. The Morgan fingerprint density at radius 3 is 2.36 bits per heavy atom. The van der Waals surface area contributed by atoms with Crippen molar-refractivity contribution in [1.29, 1.82) is 0 Å². The maximum Gasteiger partial charge on any atom is 0.434 e. The number of halogens is 3. The summed E-state index contributed by atoms with van der Waals surface area (Å²) in [4.78, 5) is 17.1. The van der Waals surface area contributed by atoms with Crippen LogP contribution in [0.15, 0.2) is 36.8 Å². The molecule has 0 unspecified atom stereocenters. The molecule has 0 N–H and O–H groups in total. The number of alkyl halides is 3. The first-order chi connectivity index (χ1) is 13.5. The number of fused-ring (bicyclic) bond motifs is 1. The summed E-state index contributed by atoms with van der Waals surface area (Å²) in [6.45, 7) is 3.15. The SMILES string of the molecule is FC(F)(F)c1cn2cc(N3CCN(c4ccnc(C5CC5)n4)CC3)ccc2n1. The first-order valence-electron chi connectivity index (χ1n) is 9.36. The van der Waals surface area contributed by atoms with Crippen LogP contribution >= 0.6 is 0 Å². The van der Waals surface area contributed by atoms with Crippen LogP contribution in [0, 0.1) is 0 Å². The molecule has 1 saturated carbocycles. The highest BCUT2D eigenvalue weighted by Gasteiger charge is 2.34. The van der Waals surface area contributed by atoms with E-state index in [2.05, 4.69) is 19.8 Å². The second-order valence-corrected chi connectivity index (χ2v) is 7.30. The Morgan fingerprint density at radius 1 is 0.893 bits per heavy atom. The van der Waals surface area contributed by atoms with Crippen LogP contribution in [0.4, 0.5) is 24.7 Å². The van der Waals surface area contributed by atoms with Crippen molar-refractivity contribution < 1.29 is 13.2 Å². The second kappa shape index (κ2) is 6.35. The summed E-state index contributed by atoms with van der Waals surface area (Å²) in [6.07, 6.45) is 2.48. The lowest BCUT2D eigenvalue weighted by Crippen LogP contribution is -2.47. The summed E-state index contributed by atoms with van der Waals surface area (Å²) in [6, 6.07) is 5.40. The van der Waals surface area contributed by atoms with Gasteiger partial charge in [-0.2, -0.15) is 13.2 Å². The number of imidazole rings is 1. The first kappa shape index (κ1) is 17.3. The van der Waals surface area contributed by atoms with Crippen LogP contribution in [-0.2, 0) is 6.18 Å². The molecule has 146 valence electrons. The van der Waals surface area contributed by atoms with Crippen LogP contribution in [0.5, 0.6) is 0 Å². The van der Waals surface area contributed by atoms with Crippen molar-refractivity contribution in [3.63, 3.8) is 0 Å². The fourth-order valence-electron chi connectivity index (χ4n) is 3.58. The number of aromatic nitrogens is 4. The van der Waals surface area contributed by atoms with Gasteiger partial charge in [-0.3, -0.25) is 0 Å². The van der Waals surface area contributed by atoms with Crippen LogP contribution in [0.1, 0.15) is 30.3 Å². The van der Waals surface area contributed by atoms with Gasteiger partial charge in [0, 0.05) is 50.7 Å². The lowest BCUT2D eigenvalue weighted by Gasteiger charge is -2.36. The van der Waals surface area contributed by atoms with Crippen molar-refractivity contribution in [3.8, 4) is 0 Å². The van der Waals surface area contributed by atoms with E-state index in [0.717, 1.165) is 49.7 Å². The minimum atomic E-state index is -4.44. The van der Waals surface area contributed by atoms with Gasteiger partial charge >= 0.3 is 6.18 Å². The summed E-state index contributed by atoms with van der Waals surface area (Å²) in [7, 11) is 0. The van der Waals surface area contributed by atoms with Crippen molar-refractivity contribution in [3.05, 3.63) is 48.3 Å². The summed E-state index contributed by atoms with van der Waals surface area (Å²) in [5.74, 6) is 2.41. The summed E-state index contributed by atoms with van der Waals surface area (Å²) >= 11 is 0. The van der Waals surface area contributed by atoms with E-state index in [9.17, 15) is 13.2 Å². The first-order valence-corrected chi connectivity index (χ1v) is 9.36. The second-order valence-electron chi connectivity index (χ2n) is 7.30. The zero-order valence-electron chi connectivity index (χ0n) is 15.1. The molecule has 28 heavy (non-hydrogen) atoms. The number of piperazine rings is 1. The molecule has 0 bridgehead atoms. The minimum absolute atomic E-state index is 0.295. The molecule has 0 aromatic carbocycles. The van der Waals surface area contributed by atoms with Crippen molar-refractivity contribution in [2.75, 3.05) is 36.0 Å². The van der Waals surface area contributed by atoms with Gasteiger partial charge < -0.3 is 14.2 Å². The van der Waals surface area contributed by atoms with E-state index >= 15 is 0 Å². The number of pyridine rings is 1. The fraction of sp³-hybridized carbons (Fsp3) is 0.421. The maximum atomic E-state index is 12.9. The molecule has 2 fully saturated rings. The van der Waals surface area contributed by atoms with Crippen LogP contribution in [0.2, 0.25) is 0 Å². The van der Waals surface area contributed by atoms with E-state index in [0.29, 0.717) is 11.6 Å². The van der Waals surface area contributed by atoms with Gasteiger partial charge in [-0.1, -0.05) is 0 Å². The van der Waals surface area contributed by atoms with Gasteiger partial charge in [-0.15, -0.1) is 0 Å². The highest BCUT2D eigenvalue weighted by atomic mass is 19.4. The van der Waals surface area contributed by atoms with Gasteiger partial charge in [0.2, 0.25) is 0 Å². The molecule has 1 aliphatic carbocycles. The Morgan fingerprint density at radius 2 is 1.64 bits per heavy atom. The van der Waals surface area contributed by atoms with E-state index in [1.807, 2.05) is 18.3 Å². The van der Waals surface area contributed by atoms with Gasteiger partial charge in [0.1, 0.15) is 17.3 Å². The van der Waals surface area contributed by atoms with Gasteiger partial charge in [0.25, 0.3) is 0 Å². The van der Waals surface area contributed by atoms with E-state index in [4.69, 9.17) is 4.98 Å². The summed E-state index contributed by atoms with van der Waals surface area (Å²) in [5.41, 5.74) is 0.313. The van der Waals surface area contributed by atoms with E-state index in [1.165, 1.54) is 17.2 Å². The molecule has 4 heterocycles. The predicted molar refractivity (Wildman–Crippen MR) is 98.6 cm³/mol. The smallest absolute Gasteiger partial charge is 0.367 e. The number of rotatable bonds is 3. The lowest BCUT2D eigenvalue weighted by molar-refractivity contribution is -0.140. The Bertz CT molecular complexity index is 1000. The van der Waals surface area contributed by atoms with Crippen molar-refractivity contribution in [2.24, 2.45) is 0 Å². The summed E-state index contributed by atoms with van der Waals surface area (Å²) < 4.78 is 40.0. The molecule has 0 spiro atoms. The molecular formula is C19H19F3N6. The van der Waals surface area contributed by atoms with Crippen molar-refractivity contribution >= 4 is 17.2 Å². The molecule has 0 atom stereocenters. The van der Waals surface area contributed by atoms with E-state index < -0.39 is 11.9 Å². The minimum Gasteiger partial charge on any atom is -0.367 e. The monoisotopic (exact) mass is 388 g/mol. The van der Waals surface area contributed by atoms with Gasteiger partial charge in [0.05, 0.1) is 5.69 Å². The normalized spacial score (nSPS) is 18.1. The Balaban J connectivity index is 1.30. The quantitative estimate of drug-likeness (QED) is 0.689. The molecule has 5 rings (SSSR count). The standard InChI is InChI=1S/C19H19F3N6/c20-19(21,22)15-12-28-11-14(3-4-16(28)24-15)26-7-9-27(10-8-26)17-5-6-23-18(25-17)13-1-2-13/h3-6,11-13H,1-2,7-10H2. The van der Waals surface area contributed by atoms with Crippen LogP contribution in [-0.4, -0.2) is 45.5 Å². The molecule has 0 amide bonds. The Hall–Kier alpha value is -2.84. The molecular weight excluding hydrogens is 369 g/mol.